The Morgan fingerprint density at radius 2 is 1.93 bits per heavy atom. The van der Waals surface area contributed by atoms with Crippen LogP contribution in [0.15, 0.2) is 23.1 Å². The van der Waals surface area contributed by atoms with E-state index in [-0.39, 0.29) is 0 Å². The molecule has 0 aromatic heterocycles. The molecule has 84 valence electrons. The topological polar surface area (TPSA) is 26.0 Å². The summed E-state index contributed by atoms with van der Waals surface area (Å²) in [6, 6.07) is 6.32. The highest BCUT2D eigenvalue weighted by atomic mass is 32.2. The van der Waals surface area contributed by atoms with Crippen molar-refractivity contribution in [3.8, 4) is 0 Å². The van der Waals surface area contributed by atoms with E-state index in [0.717, 1.165) is 11.6 Å². The summed E-state index contributed by atoms with van der Waals surface area (Å²) < 4.78 is 0. The van der Waals surface area contributed by atoms with Gasteiger partial charge in [0, 0.05) is 16.3 Å². The highest BCUT2D eigenvalue weighted by Gasteiger charge is 2.06. The number of nitrogen functional groups attached to an aromatic ring is 1. The molecule has 0 aliphatic rings. The van der Waals surface area contributed by atoms with Gasteiger partial charge in [0.05, 0.1) is 0 Å². The van der Waals surface area contributed by atoms with E-state index in [4.69, 9.17) is 5.73 Å². The van der Waals surface area contributed by atoms with Crippen LogP contribution in [0.4, 0.5) is 5.69 Å². The molecule has 1 aromatic rings. The van der Waals surface area contributed by atoms with E-state index in [2.05, 4.69) is 39.0 Å². The fraction of sp³-hybridized carbons (Fsp3) is 0.538. The van der Waals surface area contributed by atoms with Crippen LogP contribution in [-0.2, 0) is 0 Å². The lowest BCUT2D eigenvalue weighted by Crippen LogP contribution is -2.00. The lowest BCUT2D eigenvalue weighted by atomic mass is 10.1. The summed E-state index contributed by atoms with van der Waals surface area (Å²) in [7, 11) is 0. The third-order valence-electron chi connectivity index (χ3n) is 2.79. The van der Waals surface area contributed by atoms with Gasteiger partial charge >= 0.3 is 0 Å². The van der Waals surface area contributed by atoms with Crippen LogP contribution in [0.25, 0.3) is 0 Å². The zero-order valence-electron chi connectivity index (χ0n) is 9.92. The van der Waals surface area contributed by atoms with Gasteiger partial charge in [0.25, 0.3) is 0 Å². The van der Waals surface area contributed by atoms with Crippen molar-refractivity contribution in [2.24, 2.45) is 5.92 Å². The maximum atomic E-state index is 5.97. The molecule has 2 N–H and O–H groups in total. The van der Waals surface area contributed by atoms with Crippen LogP contribution in [-0.4, -0.2) is 5.75 Å². The molecule has 1 nitrogen and oxygen atoms in total. The second-order valence-electron chi connectivity index (χ2n) is 4.03. The van der Waals surface area contributed by atoms with E-state index in [1.807, 2.05) is 11.8 Å². The molecule has 0 fully saturated rings. The second kappa shape index (κ2) is 6.06. The molecule has 0 bridgehead atoms. The number of hydrogen-bond donors (Lipinski definition) is 1. The molecule has 0 saturated carbocycles. The number of hydrogen-bond acceptors (Lipinski definition) is 2. The molecule has 0 atom stereocenters. The van der Waals surface area contributed by atoms with Crippen LogP contribution >= 0.6 is 11.8 Å². The normalized spacial score (nSPS) is 10.9. The molecular weight excluding hydrogens is 202 g/mol. The summed E-state index contributed by atoms with van der Waals surface area (Å²) in [5.41, 5.74) is 8.13. The largest absolute Gasteiger partial charge is 0.398 e. The molecule has 1 aromatic carbocycles. The third-order valence-corrected chi connectivity index (χ3v) is 4.12. The van der Waals surface area contributed by atoms with Gasteiger partial charge in [0.1, 0.15) is 0 Å². The Morgan fingerprint density at radius 1 is 1.27 bits per heavy atom. The minimum Gasteiger partial charge on any atom is -0.398 e. The van der Waals surface area contributed by atoms with Crippen molar-refractivity contribution < 1.29 is 0 Å². The molecule has 0 saturated heterocycles. The van der Waals surface area contributed by atoms with Crippen LogP contribution in [0.5, 0.6) is 0 Å². The van der Waals surface area contributed by atoms with E-state index in [0.29, 0.717) is 0 Å². The second-order valence-corrected chi connectivity index (χ2v) is 5.10. The fourth-order valence-corrected chi connectivity index (χ4v) is 2.81. The van der Waals surface area contributed by atoms with E-state index in [9.17, 15) is 0 Å². The van der Waals surface area contributed by atoms with Crippen molar-refractivity contribution in [1.29, 1.82) is 0 Å². The molecule has 0 aliphatic carbocycles. The Morgan fingerprint density at radius 3 is 2.47 bits per heavy atom. The average molecular weight is 223 g/mol. The first-order valence-electron chi connectivity index (χ1n) is 5.66. The lowest BCUT2D eigenvalue weighted by Gasteiger charge is -2.12. The van der Waals surface area contributed by atoms with Crippen molar-refractivity contribution in [3.63, 3.8) is 0 Å². The third kappa shape index (κ3) is 3.78. The Kier molecular flexibility index (Phi) is 5.03. The monoisotopic (exact) mass is 223 g/mol. The molecule has 0 heterocycles. The summed E-state index contributed by atoms with van der Waals surface area (Å²) >= 11 is 1.89. The number of thioether (sulfide) groups is 1. The van der Waals surface area contributed by atoms with Crippen LogP contribution in [0.2, 0.25) is 0 Å². The van der Waals surface area contributed by atoms with E-state index in [1.54, 1.807) is 0 Å². The summed E-state index contributed by atoms with van der Waals surface area (Å²) in [5, 5.41) is 0. The molecule has 0 aliphatic heterocycles. The molecule has 0 radical (unpaired) electrons. The van der Waals surface area contributed by atoms with Gasteiger partial charge in [0.15, 0.2) is 0 Å². The van der Waals surface area contributed by atoms with Gasteiger partial charge in [0.2, 0.25) is 0 Å². The van der Waals surface area contributed by atoms with Gasteiger partial charge in [-0.2, -0.15) is 0 Å². The minimum absolute atomic E-state index is 0.815. The van der Waals surface area contributed by atoms with Gasteiger partial charge in [-0.1, -0.05) is 32.8 Å². The Hall–Kier alpha value is -0.630. The number of anilines is 1. The van der Waals surface area contributed by atoms with Crippen LogP contribution < -0.4 is 5.73 Å². The first kappa shape index (κ1) is 12.4. The van der Waals surface area contributed by atoms with Crippen LogP contribution in [0, 0.1) is 12.8 Å². The van der Waals surface area contributed by atoms with Gasteiger partial charge in [-0.3, -0.25) is 0 Å². The highest BCUT2D eigenvalue weighted by molar-refractivity contribution is 7.99. The lowest BCUT2D eigenvalue weighted by molar-refractivity contribution is 0.554. The number of benzene rings is 1. The SMILES string of the molecule is CCC(CC)CSc1ccc(C)cc1N. The highest BCUT2D eigenvalue weighted by Crippen LogP contribution is 2.28. The Bertz CT molecular complexity index is 305. The van der Waals surface area contributed by atoms with Gasteiger partial charge in [-0.15, -0.1) is 11.8 Å². The van der Waals surface area contributed by atoms with Crippen molar-refractivity contribution in [3.05, 3.63) is 23.8 Å². The molecule has 0 spiro atoms. The van der Waals surface area contributed by atoms with Gasteiger partial charge in [-0.25, -0.2) is 0 Å². The molecular formula is C13H21NS. The zero-order valence-corrected chi connectivity index (χ0v) is 10.7. The first-order valence-corrected chi connectivity index (χ1v) is 6.64. The fourth-order valence-electron chi connectivity index (χ4n) is 1.53. The van der Waals surface area contributed by atoms with Crippen molar-refractivity contribution in [2.75, 3.05) is 11.5 Å². The van der Waals surface area contributed by atoms with Crippen molar-refractivity contribution in [2.45, 2.75) is 38.5 Å². The molecule has 2 heteroatoms. The van der Waals surface area contributed by atoms with Crippen LogP contribution in [0.3, 0.4) is 0 Å². The van der Waals surface area contributed by atoms with Crippen molar-refractivity contribution >= 4 is 17.4 Å². The standard InChI is InChI=1S/C13H21NS/c1-4-11(5-2)9-15-13-7-6-10(3)8-12(13)14/h6-8,11H,4-5,9,14H2,1-3H3. The predicted octanol–water partition coefficient (Wildman–Crippen LogP) is 4.11. The van der Waals surface area contributed by atoms with Crippen molar-refractivity contribution in [1.82, 2.24) is 0 Å². The average Bonchev–Trinajstić information content (AvgIpc) is 2.22. The maximum absolute atomic E-state index is 5.97. The smallest absolute Gasteiger partial charge is 0.0454 e. The van der Waals surface area contributed by atoms with Gasteiger partial charge < -0.3 is 5.73 Å². The minimum atomic E-state index is 0.815. The number of rotatable bonds is 5. The first-order chi connectivity index (χ1) is 7.17. The molecule has 15 heavy (non-hydrogen) atoms. The Balaban J connectivity index is 2.57. The summed E-state index contributed by atoms with van der Waals surface area (Å²) in [6.07, 6.45) is 2.52. The van der Waals surface area contributed by atoms with E-state index in [1.165, 1.54) is 29.1 Å². The molecule has 0 unspecified atom stereocenters. The summed E-state index contributed by atoms with van der Waals surface area (Å²) in [6.45, 7) is 6.59. The predicted molar refractivity (Wildman–Crippen MR) is 70.4 cm³/mol. The summed E-state index contributed by atoms with van der Waals surface area (Å²) in [4.78, 5) is 1.23. The van der Waals surface area contributed by atoms with E-state index >= 15 is 0 Å². The number of nitrogens with two attached hydrogens (primary N) is 1. The van der Waals surface area contributed by atoms with Crippen LogP contribution in [0.1, 0.15) is 32.3 Å². The quantitative estimate of drug-likeness (QED) is 0.600. The zero-order chi connectivity index (χ0) is 11.3. The van der Waals surface area contributed by atoms with Gasteiger partial charge in [-0.05, 0) is 30.5 Å². The Labute approximate surface area is 97.4 Å². The molecule has 1 rings (SSSR count). The summed E-state index contributed by atoms with van der Waals surface area (Å²) in [5.74, 6) is 2.00. The van der Waals surface area contributed by atoms with E-state index < -0.39 is 0 Å². The number of aryl methyl sites for hydroxylation is 1. The molecule has 0 amide bonds. The maximum Gasteiger partial charge on any atom is 0.0454 e.